The Hall–Kier alpha value is -1.51. The van der Waals surface area contributed by atoms with Gasteiger partial charge >= 0.3 is 5.97 Å². The van der Waals surface area contributed by atoms with Gasteiger partial charge in [-0.25, -0.2) is 4.79 Å². The molecule has 0 N–H and O–H groups in total. The van der Waals surface area contributed by atoms with Gasteiger partial charge in [-0.1, -0.05) is 53.4 Å². The molecule has 1 saturated heterocycles. The largest absolute Gasteiger partial charge is 0.497 e. The van der Waals surface area contributed by atoms with Crippen molar-refractivity contribution in [2.24, 2.45) is 0 Å². The summed E-state index contributed by atoms with van der Waals surface area (Å²) < 4.78 is 10.6. The fourth-order valence-electron chi connectivity index (χ4n) is 2.60. The molecule has 1 aliphatic rings. The second-order valence-corrected chi connectivity index (χ2v) is 15.2. The van der Waals surface area contributed by atoms with E-state index in [9.17, 15) is 9.59 Å². The molecular weight excluding hydrogens is 470 g/mol. The molecule has 2 unspecified atom stereocenters. The number of β-lactam (4-membered cyclic amide) rings is 1. The number of carbonyl (C=O) groups is 2. The lowest BCUT2D eigenvalue weighted by Crippen LogP contribution is -2.60. The van der Waals surface area contributed by atoms with Crippen LogP contribution in [0.5, 0.6) is 5.75 Å². The van der Waals surface area contributed by atoms with Crippen LogP contribution in [-0.4, -0.2) is 42.2 Å². The third-order valence-electron chi connectivity index (χ3n) is 4.20. The molecule has 1 aromatic rings. The van der Waals surface area contributed by atoms with E-state index in [4.69, 9.17) is 9.47 Å². The molecule has 0 aliphatic carbocycles. The number of carbonyl (C=O) groups excluding carboxylic acids is 2. The second kappa shape index (κ2) is 10.00. The average molecular weight is 499 g/mol. The average Bonchev–Trinajstić information content (AvgIpc) is 2.67. The molecule has 1 aliphatic heterocycles. The van der Waals surface area contributed by atoms with Crippen LogP contribution in [0.4, 0.5) is 0 Å². The first kappa shape index (κ1) is 23.8. The number of allylic oxidation sites excluding steroid dienone is 1. The first-order valence-electron chi connectivity index (χ1n) is 9.33. The van der Waals surface area contributed by atoms with E-state index in [0.717, 1.165) is 16.9 Å². The summed E-state index contributed by atoms with van der Waals surface area (Å²) in [7, 11) is 0.267. The normalized spacial score (nSPS) is 19.1. The van der Waals surface area contributed by atoms with Crippen LogP contribution in [-0.2, 0) is 20.9 Å². The van der Waals surface area contributed by atoms with Crippen molar-refractivity contribution in [2.75, 3.05) is 7.11 Å². The molecule has 2 rings (SSSR count). The number of halogens is 1. The van der Waals surface area contributed by atoms with Crippen molar-refractivity contribution in [2.45, 2.75) is 50.3 Å². The number of amides is 1. The number of methoxy groups -OCH3 is 1. The van der Waals surface area contributed by atoms with E-state index in [1.54, 1.807) is 23.8 Å². The number of likely N-dealkylation sites (tertiary alicyclic amines) is 1. The Morgan fingerprint density at radius 1 is 1.24 bits per heavy atom. The minimum Gasteiger partial charge on any atom is -0.497 e. The van der Waals surface area contributed by atoms with Gasteiger partial charge in [0, 0.05) is 0 Å². The van der Waals surface area contributed by atoms with E-state index in [2.05, 4.69) is 46.7 Å². The number of alkyl halides is 1. The van der Waals surface area contributed by atoms with Gasteiger partial charge in [-0.2, -0.15) is 0 Å². The molecule has 5 nitrogen and oxygen atoms in total. The van der Waals surface area contributed by atoms with Gasteiger partial charge in [0.15, 0.2) is 0 Å². The molecule has 1 fully saturated rings. The Kier molecular flexibility index (Phi) is 8.19. The number of hydrogen-bond acceptors (Lipinski definition) is 5. The number of ether oxygens (including phenoxy) is 2. The summed E-state index contributed by atoms with van der Waals surface area (Å²) in [4.78, 5) is 26.6. The van der Waals surface area contributed by atoms with Gasteiger partial charge in [0.05, 0.1) is 15.2 Å². The monoisotopic (exact) mass is 497 g/mol. The van der Waals surface area contributed by atoms with Gasteiger partial charge in [-0.15, -0.1) is 11.8 Å². The molecule has 2 atom stereocenters. The molecule has 0 spiro atoms. The number of nitrogens with zero attached hydrogens (tertiary/aromatic N) is 1. The zero-order valence-corrected chi connectivity index (χ0v) is 21.1. The molecule has 158 valence electrons. The molecule has 0 saturated carbocycles. The molecule has 1 aromatic carbocycles. The third kappa shape index (κ3) is 6.23. The number of esters is 1. The topological polar surface area (TPSA) is 55.8 Å². The van der Waals surface area contributed by atoms with E-state index < -0.39 is 14.0 Å². The Morgan fingerprint density at radius 3 is 2.38 bits per heavy atom. The van der Waals surface area contributed by atoms with Gasteiger partial charge in [-0.3, -0.25) is 9.69 Å². The number of rotatable bonds is 8. The number of hydrogen-bond donors (Lipinski definition) is 0. The molecule has 1 amide bonds. The summed E-state index contributed by atoms with van der Waals surface area (Å²) in [5.41, 5.74) is 4.14. The summed E-state index contributed by atoms with van der Waals surface area (Å²) in [6.45, 7) is 10.5. The maximum Gasteiger partial charge on any atom is 0.355 e. The molecule has 1 heterocycles. The van der Waals surface area contributed by atoms with Crippen molar-refractivity contribution in [3.8, 4) is 5.75 Å². The Balaban J connectivity index is 2.10. The second-order valence-electron chi connectivity index (χ2n) is 8.08. The van der Waals surface area contributed by atoms with Crippen LogP contribution in [0.1, 0.15) is 19.4 Å². The molecular formula is C21H28BrNO4SSi. The predicted molar refractivity (Wildman–Crippen MR) is 125 cm³/mol. The van der Waals surface area contributed by atoms with Crippen LogP contribution in [0.2, 0.25) is 19.6 Å². The highest BCUT2D eigenvalue weighted by Crippen LogP contribution is 2.39. The Bertz CT molecular complexity index is 813. The van der Waals surface area contributed by atoms with Gasteiger partial charge in [-0.05, 0) is 42.5 Å². The minimum absolute atomic E-state index is 0.124. The SMILES string of the molecule is COc1ccc(COC(=O)C(=C(C)C)N2C(=O)C(Br)C2SC=C[Si](C)(C)C)cc1. The van der Waals surface area contributed by atoms with E-state index in [0.29, 0.717) is 5.70 Å². The highest BCUT2D eigenvalue weighted by molar-refractivity contribution is 9.10. The first-order chi connectivity index (χ1) is 13.5. The maximum absolute atomic E-state index is 12.8. The smallest absolute Gasteiger partial charge is 0.355 e. The Morgan fingerprint density at radius 2 is 1.86 bits per heavy atom. The number of thioether (sulfide) groups is 1. The van der Waals surface area contributed by atoms with E-state index in [-0.39, 0.29) is 22.7 Å². The molecule has 8 heteroatoms. The van der Waals surface area contributed by atoms with E-state index >= 15 is 0 Å². The van der Waals surface area contributed by atoms with Gasteiger partial charge < -0.3 is 9.47 Å². The zero-order chi connectivity index (χ0) is 21.8. The highest BCUT2D eigenvalue weighted by atomic mass is 79.9. The van der Waals surface area contributed by atoms with Crippen LogP contribution in [0, 0.1) is 0 Å². The van der Waals surface area contributed by atoms with Gasteiger partial charge in [0.1, 0.15) is 28.3 Å². The predicted octanol–water partition coefficient (Wildman–Crippen LogP) is 5.09. The molecule has 0 radical (unpaired) electrons. The fraction of sp³-hybridized carbons (Fsp3) is 0.429. The van der Waals surface area contributed by atoms with Crippen molar-refractivity contribution in [1.29, 1.82) is 0 Å². The van der Waals surface area contributed by atoms with Crippen molar-refractivity contribution < 1.29 is 19.1 Å². The lowest BCUT2D eigenvalue weighted by molar-refractivity contribution is -0.149. The fourth-order valence-corrected chi connectivity index (χ4v) is 6.13. The van der Waals surface area contributed by atoms with E-state index in [1.165, 1.54) is 0 Å². The standard InChI is InChI=1S/C21H28BrNO4SSi/c1-14(2)18(21(25)27-13-15-7-9-16(26-3)10-8-15)23-19(24)17(22)20(23)28-11-12-29(4,5)6/h7-12,17,20H,13H2,1-6H3. The molecule has 0 bridgehead atoms. The first-order valence-corrected chi connectivity index (χ1v) is 14.8. The highest BCUT2D eigenvalue weighted by Gasteiger charge is 2.49. The lowest BCUT2D eigenvalue weighted by atomic mass is 10.1. The van der Waals surface area contributed by atoms with E-state index in [1.807, 2.05) is 38.1 Å². The van der Waals surface area contributed by atoms with Crippen LogP contribution in [0.3, 0.4) is 0 Å². The maximum atomic E-state index is 12.8. The van der Waals surface area contributed by atoms with Crippen LogP contribution in [0.15, 0.2) is 46.6 Å². The van der Waals surface area contributed by atoms with Crippen molar-refractivity contribution in [3.63, 3.8) is 0 Å². The van der Waals surface area contributed by atoms with Crippen molar-refractivity contribution in [3.05, 3.63) is 52.2 Å². The van der Waals surface area contributed by atoms with Crippen LogP contribution >= 0.6 is 27.7 Å². The summed E-state index contributed by atoms with van der Waals surface area (Å²) in [5, 5.41) is 1.88. The summed E-state index contributed by atoms with van der Waals surface area (Å²) >= 11 is 5.00. The van der Waals surface area contributed by atoms with Gasteiger partial charge in [0.2, 0.25) is 5.91 Å². The quantitative estimate of drug-likeness (QED) is 0.164. The lowest BCUT2D eigenvalue weighted by Gasteiger charge is -2.44. The Labute approximate surface area is 186 Å². The minimum atomic E-state index is -1.33. The van der Waals surface area contributed by atoms with Crippen molar-refractivity contribution >= 4 is 47.6 Å². The summed E-state index contributed by atoms with van der Waals surface area (Å²) in [5.74, 6) is 0.126. The molecule has 0 aromatic heterocycles. The van der Waals surface area contributed by atoms with Gasteiger partial charge in [0.25, 0.3) is 0 Å². The van der Waals surface area contributed by atoms with Crippen molar-refractivity contribution in [1.82, 2.24) is 4.90 Å². The van der Waals surface area contributed by atoms with Crippen LogP contribution in [0.25, 0.3) is 0 Å². The summed E-state index contributed by atoms with van der Waals surface area (Å²) in [6.07, 6.45) is 0. The zero-order valence-electron chi connectivity index (χ0n) is 17.7. The molecule has 29 heavy (non-hydrogen) atoms. The number of benzene rings is 1. The summed E-state index contributed by atoms with van der Waals surface area (Å²) in [6, 6.07) is 7.32. The van der Waals surface area contributed by atoms with Crippen LogP contribution < -0.4 is 4.74 Å². The third-order valence-corrected chi connectivity index (χ3v) is 7.91.